The molecule has 0 aliphatic rings. The summed E-state index contributed by atoms with van der Waals surface area (Å²) in [4.78, 5) is 0. The van der Waals surface area contributed by atoms with Crippen molar-refractivity contribution in [2.75, 3.05) is 0 Å². The van der Waals surface area contributed by atoms with E-state index in [1.807, 2.05) is 68.4 Å². The Labute approximate surface area is 109 Å². The molecule has 2 aromatic rings. The van der Waals surface area contributed by atoms with Crippen LogP contribution in [-0.4, -0.2) is 13.6 Å². The number of rotatable bonds is 5. The van der Waals surface area contributed by atoms with Gasteiger partial charge in [0.15, 0.2) is 0 Å². The fraction of sp³-hybridized carbons (Fsp3) is 0.200. The lowest BCUT2D eigenvalue weighted by molar-refractivity contribution is 0.260. The van der Waals surface area contributed by atoms with E-state index in [-0.39, 0.29) is 6.10 Å². The standard InChI is InChI=1S/C15H16BO2/c1-12(2)18-16-14-10-6-7-11-15(14)17-13-8-4-3-5-9-13/h3-12H,1-2H3. The van der Waals surface area contributed by atoms with Gasteiger partial charge in [-0.1, -0.05) is 36.4 Å². The summed E-state index contributed by atoms with van der Waals surface area (Å²) < 4.78 is 11.3. The molecule has 0 spiro atoms. The van der Waals surface area contributed by atoms with Gasteiger partial charge in [-0.05, 0) is 37.5 Å². The van der Waals surface area contributed by atoms with Crippen molar-refractivity contribution in [3.63, 3.8) is 0 Å². The Bertz CT molecular complexity index is 483. The number of hydrogen-bond donors (Lipinski definition) is 0. The molecule has 0 aliphatic heterocycles. The molecule has 0 saturated heterocycles. The number of hydrogen-bond acceptors (Lipinski definition) is 2. The molecular weight excluding hydrogens is 223 g/mol. The van der Waals surface area contributed by atoms with Crippen LogP contribution in [-0.2, 0) is 4.65 Å². The highest BCUT2D eigenvalue weighted by atomic mass is 16.5. The molecule has 0 unspecified atom stereocenters. The van der Waals surface area contributed by atoms with E-state index < -0.39 is 0 Å². The summed E-state index contributed by atoms with van der Waals surface area (Å²) in [5.74, 6) is 1.62. The van der Waals surface area contributed by atoms with Gasteiger partial charge in [-0.3, -0.25) is 0 Å². The first-order valence-electron chi connectivity index (χ1n) is 6.06. The van der Waals surface area contributed by atoms with Gasteiger partial charge in [0.25, 0.3) is 0 Å². The van der Waals surface area contributed by atoms with Crippen molar-refractivity contribution in [1.82, 2.24) is 0 Å². The first-order chi connectivity index (χ1) is 8.75. The van der Waals surface area contributed by atoms with Crippen LogP contribution in [0.4, 0.5) is 0 Å². The second-order valence-corrected chi connectivity index (χ2v) is 4.26. The maximum absolute atomic E-state index is 5.83. The largest absolute Gasteiger partial charge is 0.458 e. The van der Waals surface area contributed by atoms with E-state index in [2.05, 4.69) is 0 Å². The summed E-state index contributed by atoms with van der Waals surface area (Å²) in [7, 11) is 1.74. The van der Waals surface area contributed by atoms with Crippen LogP contribution in [0.5, 0.6) is 11.5 Å². The molecule has 0 aliphatic carbocycles. The third kappa shape index (κ3) is 3.64. The average molecular weight is 239 g/mol. The Morgan fingerprint density at radius 1 is 0.889 bits per heavy atom. The second-order valence-electron chi connectivity index (χ2n) is 4.26. The smallest absolute Gasteiger partial charge is 0.334 e. The van der Waals surface area contributed by atoms with Crippen LogP contribution in [0.1, 0.15) is 13.8 Å². The maximum atomic E-state index is 5.83. The van der Waals surface area contributed by atoms with Crippen LogP contribution in [0.15, 0.2) is 54.6 Å². The SMILES string of the molecule is CC(C)O[B]c1ccccc1Oc1ccccc1. The summed E-state index contributed by atoms with van der Waals surface area (Å²) in [5, 5.41) is 0. The maximum Gasteiger partial charge on any atom is 0.334 e. The molecule has 2 nitrogen and oxygen atoms in total. The molecule has 0 atom stereocenters. The quantitative estimate of drug-likeness (QED) is 0.746. The molecule has 0 saturated carbocycles. The molecule has 0 aromatic heterocycles. The predicted octanol–water partition coefficient (Wildman–Crippen LogP) is 3.15. The van der Waals surface area contributed by atoms with Crippen molar-refractivity contribution in [3.8, 4) is 11.5 Å². The molecule has 0 N–H and O–H groups in total. The van der Waals surface area contributed by atoms with Crippen molar-refractivity contribution >= 4 is 12.9 Å². The average Bonchev–Trinajstić information content (AvgIpc) is 2.39. The summed E-state index contributed by atoms with van der Waals surface area (Å²) in [6.45, 7) is 3.99. The fourth-order valence-electron chi connectivity index (χ4n) is 1.50. The van der Waals surface area contributed by atoms with E-state index in [0.717, 1.165) is 17.0 Å². The first-order valence-corrected chi connectivity index (χ1v) is 6.06. The Morgan fingerprint density at radius 2 is 1.56 bits per heavy atom. The van der Waals surface area contributed by atoms with Gasteiger partial charge >= 0.3 is 7.48 Å². The highest BCUT2D eigenvalue weighted by molar-refractivity contribution is 6.48. The highest BCUT2D eigenvalue weighted by Crippen LogP contribution is 2.18. The summed E-state index contributed by atoms with van der Waals surface area (Å²) in [5.41, 5.74) is 0.940. The van der Waals surface area contributed by atoms with E-state index in [9.17, 15) is 0 Å². The minimum atomic E-state index is 0.162. The predicted molar refractivity (Wildman–Crippen MR) is 74.6 cm³/mol. The van der Waals surface area contributed by atoms with Crippen molar-refractivity contribution in [2.24, 2.45) is 0 Å². The molecule has 2 aromatic carbocycles. The van der Waals surface area contributed by atoms with Crippen molar-refractivity contribution < 1.29 is 9.39 Å². The number of ether oxygens (including phenoxy) is 1. The third-order valence-corrected chi connectivity index (χ3v) is 2.36. The molecule has 3 heteroatoms. The van der Waals surface area contributed by atoms with Crippen LogP contribution in [0, 0.1) is 0 Å². The van der Waals surface area contributed by atoms with Gasteiger partial charge in [0, 0.05) is 6.10 Å². The van der Waals surface area contributed by atoms with Crippen LogP contribution in [0.2, 0.25) is 0 Å². The van der Waals surface area contributed by atoms with Gasteiger partial charge in [0.2, 0.25) is 0 Å². The minimum absolute atomic E-state index is 0.162. The van der Waals surface area contributed by atoms with Crippen LogP contribution < -0.4 is 10.2 Å². The Kier molecular flexibility index (Phi) is 4.43. The topological polar surface area (TPSA) is 18.5 Å². The summed E-state index contributed by atoms with van der Waals surface area (Å²) >= 11 is 0. The zero-order valence-electron chi connectivity index (χ0n) is 10.7. The summed E-state index contributed by atoms with van der Waals surface area (Å²) in [6.07, 6.45) is 0.162. The highest BCUT2D eigenvalue weighted by Gasteiger charge is 2.07. The van der Waals surface area contributed by atoms with Crippen molar-refractivity contribution in [1.29, 1.82) is 0 Å². The molecule has 0 fully saturated rings. The zero-order valence-corrected chi connectivity index (χ0v) is 10.7. The Balaban J connectivity index is 2.12. The van der Waals surface area contributed by atoms with Crippen molar-refractivity contribution in [3.05, 3.63) is 54.6 Å². The van der Waals surface area contributed by atoms with Crippen LogP contribution >= 0.6 is 0 Å². The van der Waals surface area contributed by atoms with Gasteiger partial charge in [-0.2, -0.15) is 0 Å². The Hall–Kier alpha value is -1.74. The van der Waals surface area contributed by atoms with Gasteiger partial charge < -0.3 is 9.39 Å². The monoisotopic (exact) mass is 239 g/mol. The number of para-hydroxylation sites is 2. The lowest BCUT2D eigenvalue weighted by atomic mass is 9.87. The molecule has 1 radical (unpaired) electrons. The van der Waals surface area contributed by atoms with E-state index in [4.69, 9.17) is 9.39 Å². The lowest BCUT2D eigenvalue weighted by Gasteiger charge is -2.11. The molecule has 0 amide bonds. The minimum Gasteiger partial charge on any atom is -0.458 e. The lowest BCUT2D eigenvalue weighted by Crippen LogP contribution is -2.22. The van der Waals surface area contributed by atoms with E-state index in [0.29, 0.717) is 0 Å². The fourth-order valence-corrected chi connectivity index (χ4v) is 1.50. The first kappa shape index (κ1) is 12.7. The second kappa shape index (κ2) is 6.27. The van der Waals surface area contributed by atoms with Gasteiger partial charge in [-0.25, -0.2) is 0 Å². The molecule has 2 rings (SSSR count). The van der Waals surface area contributed by atoms with Gasteiger partial charge in [-0.15, -0.1) is 0 Å². The molecule has 18 heavy (non-hydrogen) atoms. The van der Waals surface area contributed by atoms with Gasteiger partial charge in [0.05, 0.1) is 0 Å². The molecule has 0 heterocycles. The van der Waals surface area contributed by atoms with E-state index >= 15 is 0 Å². The third-order valence-electron chi connectivity index (χ3n) is 2.36. The van der Waals surface area contributed by atoms with E-state index in [1.54, 1.807) is 7.48 Å². The molecular formula is C15H16BO2. The normalized spacial score (nSPS) is 10.4. The van der Waals surface area contributed by atoms with Gasteiger partial charge in [0.1, 0.15) is 11.5 Å². The van der Waals surface area contributed by atoms with Crippen LogP contribution in [0.3, 0.4) is 0 Å². The molecule has 0 bridgehead atoms. The van der Waals surface area contributed by atoms with E-state index in [1.165, 1.54) is 0 Å². The zero-order chi connectivity index (χ0) is 12.8. The molecule has 91 valence electrons. The Morgan fingerprint density at radius 3 is 2.28 bits per heavy atom. The number of benzene rings is 2. The summed E-state index contributed by atoms with van der Waals surface area (Å²) in [6, 6.07) is 17.5. The van der Waals surface area contributed by atoms with Crippen LogP contribution in [0.25, 0.3) is 0 Å². The van der Waals surface area contributed by atoms with Crippen molar-refractivity contribution in [2.45, 2.75) is 20.0 Å².